The smallest absolute Gasteiger partial charge is 0.132 e. The van der Waals surface area contributed by atoms with Gasteiger partial charge in [-0.1, -0.05) is 60.2 Å². The third kappa shape index (κ3) is 4.42. The average molecular weight is 273 g/mol. The fourth-order valence-electron chi connectivity index (χ4n) is 1.86. The fourth-order valence-corrected chi connectivity index (χ4v) is 2.02. The molecule has 0 heterocycles. The summed E-state index contributed by atoms with van der Waals surface area (Å²) in [4.78, 5) is 4.20. The van der Waals surface area contributed by atoms with E-state index in [4.69, 9.17) is 17.3 Å². The number of hydrogen-bond donors (Lipinski definition) is 1. The standard InChI is InChI=1S/C16H17ClN2/c17-15(12-11-13-7-3-1-4-8-13)19-16(18)14-9-5-2-6-10-14/h2-3,5-10,12H,1,4,11H2,(H2,18,19)/b15-12-. The van der Waals surface area contributed by atoms with Crippen molar-refractivity contribution >= 4 is 17.4 Å². The Bertz CT molecular complexity index is 539. The molecule has 0 saturated heterocycles. The van der Waals surface area contributed by atoms with Gasteiger partial charge < -0.3 is 5.73 Å². The van der Waals surface area contributed by atoms with Crippen LogP contribution in [0.15, 0.2) is 70.4 Å². The van der Waals surface area contributed by atoms with Crippen molar-refractivity contribution in [2.24, 2.45) is 10.7 Å². The predicted octanol–water partition coefficient (Wildman–Crippen LogP) is 4.14. The largest absolute Gasteiger partial charge is 0.383 e. The molecule has 1 aromatic rings. The molecule has 1 aliphatic rings. The van der Waals surface area contributed by atoms with E-state index in [1.54, 1.807) is 0 Å². The lowest BCUT2D eigenvalue weighted by molar-refractivity contribution is 1.00. The minimum absolute atomic E-state index is 0.432. The third-order valence-electron chi connectivity index (χ3n) is 2.87. The number of allylic oxidation sites excluding steroid dienone is 5. The van der Waals surface area contributed by atoms with Gasteiger partial charge in [-0.25, -0.2) is 4.99 Å². The fraction of sp³-hybridized carbons (Fsp3) is 0.188. The predicted molar refractivity (Wildman–Crippen MR) is 82.2 cm³/mol. The summed E-state index contributed by atoms with van der Waals surface area (Å²) in [5, 5.41) is 0.432. The van der Waals surface area contributed by atoms with Gasteiger partial charge in [-0.2, -0.15) is 0 Å². The van der Waals surface area contributed by atoms with E-state index < -0.39 is 0 Å². The van der Waals surface area contributed by atoms with Crippen LogP contribution in [-0.4, -0.2) is 5.84 Å². The first-order valence-electron chi connectivity index (χ1n) is 6.36. The number of halogens is 1. The number of benzene rings is 1. The molecule has 0 bridgehead atoms. The summed E-state index contributed by atoms with van der Waals surface area (Å²) >= 11 is 6.09. The number of amidine groups is 1. The van der Waals surface area contributed by atoms with Gasteiger partial charge in [-0.15, -0.1) is 0 Å². The SMILES string of the molecule is N/C(=N\C(Cl)=C/CC1=CCCC=C1)c1ccccc1. The summed E-state index contributed by atoms with van der Waals surface area (Å²) in [7, 11) is 0. The molecule has 0 spiro atoms. The van der Waals surface area contributed by atoms with Crippen molar-refractivity contribution < 1.29 is 0 Å². The zero-order valence-corrected chi connectivity index (χ0v) is 11.5. The lowest BCUT2D eigenvalue weighted by atomic mass is 10.0. The number of aliphatic imine (C=N–C) groups is 1. The Labute approximate surface area is 119 Å². The quantitative estimate of drug-likeness (QED) is 0.499. The van der Waals surface area contributed by atoms with Crippen molar-refractivity contribution in [2.45, 2.75) is 19.3 Å². The molecule has 0 amide bonds. The molecule has 0 aliphatic heterocycles. The van der Waals surface area contributed by atoms with Crippen LogP contribution in [0.4, 0.5) is 0 Å². The van der Waals surface area contributed by atoms with Crippen molar-refractivity contribution in [3.05, 3.63) is 70.9 Å². The normalized spacial score (nSPS) is 16.4. The first kappa shape index (κ1) is 13.6. The molecule has 0 fully saturated rings. The molecule has 0 unspecified atom stereocenters. The number of nitrogens with two attached hydrogens (primary N) is 1. The first-order chi connectivity index (χ1) is 9.25. The molecule has 98 valence electrons. The van der Waals surface area contributed by atoms with E-state index in [1.807, 2.05) is 36.4 Å². The molecule has 0 saturated carbocycles. The van der Waals surface area contributed by atoms with Crippen LogP contribution >= 0.6 is 11.6 Å². The van der Waals surface area contributed by atoms with E-state index in [9.17, 15) is 0 Å². The van der Waals surface area contributed by atoms with Crippen LogP contribution < -0.4 is 5.73 Å². The second kappa shape index (κ2) is 6.95. The molecule has 2 N–H and O–H groups in total. The topological polar surface area (TPSA) is 38.4 Å². The van der Waals surface area contributed by atoms with Crippen molar-refractivity contribution in [1.29, 1.82) is 0 Å². The van der Waals surface area contributed by atoms with E-state index in [2.05, 4.69) is 23.2 Å². The minimum Gasteiger partial charge on any atom is -0.383 e. The van der Waals surface area contributed by atoms with E-state index >= 15 is 0 Å². The highest BCUT2D eigenvalue weighted by molar-refractivity contribution is 6.30. The van der Waals surface area contributed by atoms with Crippen molar-refractivity contribution in [1.82, 2.24) is 0 Å². The van der Waals surface area contributed by atoms with Crippen LogP contribution in [0.2, 0.25) is 0 Å². The van der Waals surface area contributed by atoms with E-state index in [0.29, 0.717) is 11.0 Å². The molecule has 3 heteroatoms. The van der Waals surface area contributed by atoms with Crippen LogP contribution in [-0.2, 0) is 0 Å². The second-order valence-electron chi connectivity index (χ2n) is 4.35. The van der Waals surface area contributed by atoms with Crippen molar-refractivity contribution in [2.75, 3.05) is 0 Å². The first-order valence-corrected chi connectivity index (χ1v) is 6.74. The lowest BCUT2D eigenvalue weighted by Crippen LogP contribution is -2.12. The maximum absolute atomic E-state index is 6.09. The zero-order chi connectivity index (χ0) is 13.5. The van der Waals surface area contributed by atoms with Crippen molar-refractivity contribution in [3.63, 3.8) is 0 Å². The van der Waals surface area contributed by atoms with Gasteiger partial charge in [0, 0.05) is 5.56 Å². The Kier molecular flexibility index (Phi) is 4.99. The van der Waals surface area contributed by atoms with Crippen LogP contribution in [0.1, 0.15) is 24.8 Å². The Hall–Kier alpha value is -1.80. The van der Waals surface area contributed by atoms with Crippen LogP contribution in [0.3, 0.4) is 0 Å². The molecule has 0 atom stereocenters. The molecule has 1 aromatic carbocycles. The van der Waals surface area contributed by atoms with Gasteiger partial charge in [0.25, 0.3) is 0 Å². The number of rotatable bonds is 4. The highest BCUT2D eigenvalue weighted by Gasteiger charge is 1.99. The van der Waals surface area contributed by atoms with E-state index in [1.165, 1.54) is 5.57 Å². The van der Waals surface area contributed by atoms with Crippen LogP contribution in [0, 0.1) is 0 Å². The Balaban J connectivity index is 2.01. The van der Waals surface area contributed by atoms with E-state index in [-0.39, 0.29) is 0 Å². The third-order valence-corrected chi connectivity index (χ3v) is 3.11. The molecule has 0 radical (unpaired) electrons. The molecule has 1 aliphatic carbocycles. The van der Waals surface area contributed by atoms with Gasteiger partial charge in [0.1, 0.15) is 11.0 Å². The highest BCUT2D eigenvalue weighted by atomic mass is 35.5. The molecule has 19 heavy (non-hydrogen) atoms. The van der Waals surface area contributed by atoms with Gasteiger partial charge in [0.15, 0.2) is 0 Å². The molecular formula is C16H17ClN2. The van der Waals surface area contributed by atoms with E-state index in [0.717, 1.165) is 24.8 Å². The minimum atomic E-state index is 0.432. The summed E-state index contributed by atoms with van der Waals surface area (Å²) in [6.07, 6.45) is 11.4. The number of hydrogen-bond acceptors (Lipinski definition) is 1. The molecule has 2 nitrogen and oxygen atoms in total. The van der Waals surface area contributed by atoms with Gasteiger partial charge in [0.05, 0.1) is 0 Å². The summed E-state index contributed by atoms with van der Waals surface area (Å²) in [6, 6.07) is 9.61. The average Bonchev–Trinajstić information content (AvgIpc) is 2.47. The Morgan fingerprint density at radius 2 is 2.05 bits per heavy atom. The summed E-state index contributed by atoms with van der Waals surface area (Å²) in [6.45, 7) is 0. The van der Waals surface area contributed by atoms with Crippen molar-refractivity contribution in [3.8, 4) is 0 Å². The summed E-state index contributed by atoms with van der Waals surface area (Å²) in [5.74, 6) is 0.440. The molecule has 0 aromatic heterocycles. The lowest BCUT2D eigenvalue weighted by Gasteiger charge is -2.03. The van der Waals surface area contributed by atoms with Crippen LogP contribution in [0.5, 0.6) is 0 Å². The maximum Gasteiger partial charge on any atom is 0.132 e. The highest BCUT2D eigenvalue weighted by Crippen LogP contribution is 2.16. The Morgan fingerprint density at radius 3 is 2.74 bits per heavy atom. The van der Waals surface area contributed by atoms with Gasteiger partial charge in [-0.3, -0.25) is 0 Å². The van der Waals surface area contributed by atoms with Gasteiger partial charge in [0.2, 0.25) is 0 Å². The molecular weight excluding hydrogens is 256 g/mol. The van der Waals surface area contributed by atoms with Crippen LogP contribution in [0.25, 0.3) is 0 Å². The zero-order valence-electron chi connectivity index (χ0n) is 10.7. The number of nitrogens with zero attached hydrogens (tertiary/aromatic N) is 1. The molecule has 2 rings (SSSR count). The van der Waals surface area contributed by atoms with Gasteiger partial charge in [-0.05, 0) is 30.9 Å². The Morgan fingerprint density at radius 1 is 1.26 bits per heavy atom. The second-order valence-corrected chi connectivity index (χ2v) is 4.74. The maximum atomic E-state index is 6.09. The van der Waals surface area contributed by atoms with Gasteiger partial charge >= 0.3 is 0 Å². The summed E-state index contributed by atoms with van der Waals surface area (Å²) in [5.41, 5.74) is 8.06. The summed E-state index contributed by atoms with van der Waals surface area (Å²) < 4.78 is 0. The monoisotopic (exact) mass is 272 g/mol.